The SMILES string of the molecule is NNc1ccc2cccc(O)c2n1. The summed E-state index contributed by atoms with van der Waals surface area (Å²) in [6.07, 6.45) is 0. The van der Waals surface area contributed by atoms with Crippen LogP contribution in [0.3, 0.4) is 0 Å². The van der Waals surface area contributed by atoms with Gasteiger partial charge in [-0.1, -0.05) is 12.1 Å². The predicted octanol–water partition coefficient (Wildman–Crippen LogP) is 1.23. The quantitative estimate of drug-likeness (QED) is 0.450. The molecular formula is C9H9N3O. The third-order valence-corrected chi connectivity index (χ3v) is 1.85. The normalized spacial score (nSPS) is 10.2. The summed E-state index contributed by atoms with van der Waals surface area (Å²) >= 11 is 0. The number of nitrogens with one attached hydrogen (secondary N) is 1. The van der Waals surface area contributed by atoms with Crippen molar-refractivity contribution in [3.63, 3.8) is 0 Å². The van der Waals surface area contributed by atoms with Gasteiger partial charge >= 0.3 is 0 Å². The molecule has 0 saturated heterocycles. The summed E-state index contributed by atoms with van der Waals surface area (Å²) in [5, 5.41) is 10.3. The van der Waals surface area contributed by atoms with Crippen LogP contribution in [0.4, 0.5) is 5.82 Å². The number of phenols is 1. The molecular weight excluding hydrogens is 166 g/mol. The Morgan fingerprint density at radius 3 is 2.85 bits per heavy atom. The first-order valence-corrected chi connectivity index (χ1v) is 3.86. The molecule has 0 unspecified atom stereocenters. The summed E-state index contributed by atoms with van der Waals surface area (Å²) in [6, 6.07) is 8.84. The Hall–Kier alpha value is -1.81. The Bertz CT molecular complexity index is 442. The number of rotatable bonds is 1. The van der Waals surface area contributed by atoms with Crippen molar-refractivity contribution >= 4 is 16.7 Å². The van der Waals surface area contributed by atoms with Crippen LogP contribution in [0.25, 0.3) is 10.9 Å². The van der Waals surface area contributed by atoms with Crippen molar-refractivity contribution in [2.45, 2.75) is 0 Å². The maximum atomic E-state index is 9.46. The minimum Gasteiger partial charge on any atom is -0.506 e. The maximum absolute atomic E-state index is 9.46. The zero-order valence-electron chi connectivity index (χ0n) is 6.86. The highest BCUT2D eigenvalue weighted by Crippen LogP contribution is 2.23. The number of hydrogen-bond acceptors (Lipinski definition) is 4. The number of benzene rings is 1. The second kappa shape index (κ2) is 2.91. The van der Waals surface area contributed by atoms with Gasteiger partial charge in [0.15, 0.2) is 0 Å². The molecule has 2 aromatic rings. The molecule has 0 saturated carbocycles. The molecule has 4 nitrogen and oxygen atoms in total. The first-order chi connectivity index (χ1) is 6.31. The Balaban J connectivity index is 2.74. The Morgan fingerprint density at radius 1 is 1.23 bits per heavy atom. The molecule has 1 aromatic carbocycles. The Labute approximate surface area is 75.0 Å². The van der Waals surface area contributed by atoms with Gasteiger partial charge in [-0.15, -0.1) is 0 Å². The number of hydrazine groups is 1. The lowest BCUT2D eigenvalue weighted by molar-refractivity contribution is 0.480. The average Bonchev–Trinajstić information content (AvgIpc) is 2.18. The van der Waals surface area contributed by atoms with Crippen LogP contribution in [0.5, 0.6) is 5.75 Å². The molecule has 0 atom stereocenters. The molecule has 13 heavy (non-hydrogen) atoms. The van der Waals surface area contributed by atoms with E-state index in [2.05, 4.69) is 10.4 Å². The van der Waals surface area contributed by atoms with Crippen LogP contribution in [0.15, 0.2) is 30.3 Å². The van der Waals surface area contributed by atoms with Gasteiger partial charge in [0.05, 0.1) is 0 Å². The van der Waals surface area contributed by atoms with Crippen molar-refractivity contribution < 1.29 is 5.11 Å². The number of aromatic hydroxyl groups is 1. The monoisotopic (exact) mass is 175 g/mol. The summed E-state index contributed by atoms with van der Waals surface area (Å²) in [7, 11) is 0. The smallest absolute Gasteiger partial charge is 0.141 e. The van der Waals surface area contributed by atoms with Gasteiger partial charge in [-0.25, -0.2) is 10.8 Å². The topological polar surface area (TPSA) is 71.2 Å². The summed E-state index contributed by atoms with van der Waals surface area (Å²) in [4.78, 5) is 4.11. The third kappa shape index (κ3) is 1.27. The van der Waals surface area contributed by atoms with E-state index in [9.17, 15) is 5.11 Å². The Morgan fingerprint density at radius 2 is 2.08 bits per heavy atom. The van der Waals surface area contributed by atoms with Gasteiger partial charge in [0.1, 0.15) is 17.1 Å². The molecule has 1 aromatic heterocycles. The van der Waals surface area contributed by atoms with E-state index < -0.39 is 0 Å². The van der Waals surface area contributed by atoms with Crippen molar-refractivity contribution in [1.82, 2.24) is 4.98 Å². The van der Waals surface area contributed by atoms with E-state index in [4.69, 9.17) is 5.84 Å². The van der Waals surface area contributed by atoms with Crippen LogP contribution in [0.2, 0.25) is 0 Å². The lowest BCUT2D eigenvalue weighted by Gasteiger charge is -2.02. The van der Waals surface area contributed by atoms with Gasteiger partial charge in [0.2, 0.25) is 0 Å². The fraction of sp³-hybridized carbons (Fsp3) is 0. The summed E-state index contributed by atoms with van der Waals surface area (Å²) in [5.41, 5.74) is 2.98. The standard InChI is InChI=1S/C9H9N3O/c10-12-8-5-4-6-2-1-3-7(13)9(6)11-8/h1-5,13H,10H2,(H,11,12). The van der Waals surface area contributed by atoms with Crippen LogP contribution in [0.1, 0.15) is 0 Å². The lowest BCUT2D eigenvalue weighted by atomic mass is 10.2. The van der Waals surface area contributed by atoms with Crippen LogP contribution in [0, 0.1) is 0 Å². The van der Waals surface area contributed by atoms with Crippen LogP contribution < -0.4 is 11.3 Å². The first-order valence-electron chi connectivity index (χ1n) is 3.86. The number of para-hydroxylation sites is 1. The molecule has 0 aliphatic heterocycles. The van der Waals surface area contributed by atoms with E-state index in [0.717, 1.165) is 5.39 Å². The number of anilines is 1. The molecule has 4 heteroatoms. The molecule has 4 N–H and O–H groups in total. The van der Waals surface area contributed by atoms with Gasteiger partial charge < -0.3 is 10.5 Å². The van der Waals surface area contributed by atoms with Crippen molar-refractivity contribution in [3.8, 4) is 5.75 Å². The molecule has 0 radical (unpaired) electrons. The third-order valence-electron chi connectivity index (χ3n) is 1.85. The fourth-order valence-electron chi connectivity index (χ4n) is 1.21. The Kier molecular flexibility index (Phi) is 1.75. The van der Waals surface area contributed by atoms with Gasteiger partial charge in [-0.2, -0.15) is 0 Å². The molecule has 0 spiro atoms. The lowest BCUT2D eigenvalue weighted by Crippen LogP contribution is -2.08. The number of aromatic nitrogens is 1. The molecule has 0 bridgehead atoms. The minimum atomic E-state index is 0.162. The second-order valence-electron chi connectivity index (χ2n) is 2.69. The van der Waals surface area contributed by atoms with Crippen molar-refractivity contribution in [2.75, 3.05) is 5.43 Å². The molecule has 2 rings (SSSR count). The number of nitrogens with two attached hydrogens (primary N) is 1. The average molecular weight is 175 g/mol. The van der Waals surface area contributed by atoms with E-state index in [0.29, 0.717) is 11.3 Å². The summed E-state index contributed by atoms with van der Waals surface area (Å²) in [5.74, 6) is 5.89. The highest BCUT2D eigenvalue weighted by atomic mass is 16.3. The van der Waals surface area contributed by atoms with E-state index >= 15 is 0 Å². The van der Waals surface area contributed by atoms with Crippen LogP contribution in [-0.2, 0) is 0 Å². The number of pyridine rings is 1. The van der Waals surface area contributed by atoms with E-state index in [1.807, 2.05) is 12.1 Å². The van der Waals surface area contributed by atoms with Crippen molar-refractivity contribution in [1.29, 1.82) is 0 Å². The number of nitrogens with zero attached hydrogens (tertiary/aromatic N) is 1. The molecule has 0 amide bonds. The molecule has 0 aliphatic carbocycles. The van der Waals surface area contributed by atoms with Crippen LogP contribution in [-0.4, -0.2) is 10.1 Å². The maximum Gasteiger partial charge on any atom is 0.141 e. The largest absolute Gasteiger partial charge is 0.506 e. The van der Waals surface area contributed by atoms with Gasteiger partial charge in [-0.05, 0) is 18.2 Å². The van der Waals surface area contributed by atoms with E-state index in [-0.39, 0.29) is 5.75 Å². The zero-order chi connectivity index (χ0) is 9.26. The highest BCUT2D eigenvalue weighted by Gasteiger charge is 2.00. The number of phenolic OH excluding ortho intramolecular Hbond substituents is 1. The zero-order valence-corrected chi connectivity index (χ0v) is 6.86. The number of nitrogen functional groups attached to an aromatic ring is 1. The van der Waals surface area contributed by atoms with Gasteiger partial charge in [-0.3, -0.25) is 0 Å². The molecule has 1 heterocycles. The molecule has 66 valence electrons. The summed E-state index contributed by atoms with van der Waals surface area (Å²) < 4.78 is 0. The van der Waals surface area contributed by atoms with Crippen molar-refractivity contribution in [2.24, 2.45) is 5.84 Å². The van der Waals surface area contributed by atoms with Gasteiger partial charge in [0, 0.05) is 5.39 Å². The fourth-order valence-corrected chi connectivity index (χ4v) is 1.21. The number of hydrogen-bond donors (Lipinski definition) is 3. The highest BCUT2D eigenvalue weighted by molar-refractivity contribution is 5.85. The van der Waals surface area contributed by atoms with Crippen LogP contribution >= 0.6 is 0 Å². The molecule has 0 aliphatic rings. The predicted molar refractivity (Wildman–Crippen MR) is 51.2 cm³/mol. The van der Waals surface area contributed by atoms with Crippen molar-refractivity contribution in [3.05, 3.63) is 30.3 Å². The second-order valence-corrected chi connectivity index (χ2v) is 2.69. The summed E-state index contributed by atoms with van der Waals surface area (Å²) in [6.45, 7) is 0. The molecule has 0 fully saturated rings. The first kappa shape index (κ1) is 7.82. The van der Waals surface area contributed by atoms with E-state index in [1.165, 1.54) is 0 Å². The number of fused-ring (bicyclic) bond motifs is 1. The minimum absolute atomic E-state index is 0.162. The van der Waals surface area contributed by atoms with E-state index in [1.54, 1.807) is 18.2 Å². The van der Waals surface area contributed by atoms with Gasteiger partial charge in [0.25, 0.3) is 0 Å².